The monoisotopic (exact) mass is 760 g/mol. The lowest BCUT2D eigenvalue weighted by atomic mass is 9.98. The van der Waals surface area contributed by atoms with E-state index in [1.54, 1.807) is 0 Å². The van der Waals surface area contributed by atoms with Crippen LogP contribution in [0.2, 0.25) is 0 Å². The normalized spacial score (nSPS) is 21.8. The van der Waals surface area contributed by atoms with Crippen molar-refractivity contribution in [2.24, 2.45) is 0 Å². The number of carbonyl (C=O) groups excluding carboxylic acids is 1. The van der Waals surface area contributed by atoms with E-state index < -0.39 is 55.5 Å². The van der Waals surface area contributed by atoms with Gasteiger partial charge in [0, 0.05) is 31.8 Å². The van der Waals surface area contributed by atoms with Gasteiger partial charge in [0.15, 0.2) is 11.9 Å². The molecule has 1 aromatic carbocycles. The first-order valence-corrected chi connectivity index (χ1v) is 19.3. The molecule has 1 aromatic heterocycles. The van der Waals surface area contributed by atoms with Crippen LogP contribution in [0.15, 0.2) is 107 Å². The molecule has 0 spiro atoms. The third-order valence-corrected chi connectivity index (χ3v) is 9.50. The van der Waals surface area contributed by atoms with Gasteiger partial charge in [0.25, 0.3) is 5.56 Å². The Kier molecular flexibility index (Phi) is 18.6. The summed E-state index contributed by atoms with van der Waals surface area (Å²) in [5, 5.41) is 16.0. The lowest BCUT2D eigenvalue weighted by molar-refractivity contribution is -0.121. The van der Waals surface area contributed by atoms with Gasteiger partial charge in [-0.25, -0.2) is 23.2 Å². The van der Waals surface area contributed by atoms with Gasteiger partial charge in [-0.1, -0.05) is 67.7 Å². The standard InChI is InChI=1S/C38H51F2N4O8P/c1-3-4-5-6-7-8-9-10-11-12-13-14-15-16-17-18-19-20-33(45)41-26-27-42-53(49,52-31-23-21-30(39)22-24-31)50-29-32-35(47)38(2,40)36(51-32)44-28-25-34(46)43-37(44)48/h4-5,7-8,10-11,13-14,16-17,21-25,28,32,35-36,47H,3,6,9,12,15,18-20,26-27,29H2,1-2H3,(H,41,45)(H,42,49)(H,43,46,48)/b5-4-,8-7-,11-10-,14-13-,17-16-/t32-,35-,36-,38-,53?/m1/s1. The topological polar surface area (TPSA) is 161 Å². The van der Waals surface area contributed by atoms with Gasteiger partial charge in [-0.15, -0.1) is 0 Å². The number of unbranched alkanes of at least 4 members (excludes halogenated alkanes) is 1. The summed E-state index contributed by atoms with van der Waals surface area (Å²) in [6, 6.07) is 5.62. The molecule has 12 nitrogen and oxygen atoms in total. The van der Waals surface area contributed by atoms with Crippen LogP contribution in [0.4, 0.5) is 8.78 Å². The first-order chi connectivity index (χ1) is 25.4. The maximum atomic E-state index is 15.6. The van der Waals surface area contributed by atoms with Crippen LogP contribution in [0.5, 0.6) is 5.75 Å². The number of benzene rings is 1. The number of aliphatic hydroxyl groups is 1. The molecule has 2 aromatic rings. The number of aromatic nitrogens is 2. The average Bonchev–Trinajstić information content (AvgIpc) is 3.35. The fourth-order valence-corrected chi connectivity index (χ4v) is 6.44. The second-order valence-corrected chi connectivity index (χ2v) is 14.1. The Labute approximate surface area is 308 Å². The molecule has 1 amide bonds. The van der Waals surface area contributed by atoms with Crippen molar-refractivity contribution >= 4 is 13.7 Å². The zero-order valence-corrected chi connectivity index (χ0v) is 31.1. The summed E-state index contributed by atoms with van der Waals surface area (Å²) in [6.07, 6.45) is 23.7. The van der Waals surface area contributed by atoms with Gasteiger partial charge in [-0.05, 0) is 76.1 Å². The van der Waals surface area contributed by atoms with Gasteiger partial charge in [-0.3, -0.25) is 23.7 Å². The summed E-state index contributed by atoms with van der Waals surface area (Å²) < 4.78 is 60.2. The Hall–Kier alpha value is -4.20. The van der Waals surface area contributed by atoms with Crippen molar-refractivity contribution in [3.63, 3.8) is 0 Å². The number of amides is 1. The molecule has 0 bridgehead atoms. The van der Waals surface area contributed by atoms with E-state index in [0.29, 0.717) is 6.42 Å². The summed E-state index contributed by atoms with van der Waals surface area (Å²) in [6.45, 7) is 2.48. The van der Waals surface area contributed by atoms with Crippen LogP contribution in [0, 0.1) is 5.82 Å². The van der Waals surface area contributed by atoms with E-state index in [1.165, 1.54) is 12.1 Å². The molecular weight excluding hydrogens is 709 g/mol. The van der Waals surface area contributed by atoms with Gasteiger partial charge in [0.2, 0.25) is 5.91 Å². The van der Waals surface area contributed by atoms with Crippen molar-refractivity contribution in [1.82, 2.24) is 20.0 Å². The van der Waals surface area contributed by atoms with Gasteiger partial charge < -0.3 is 19.7 Å². The molecule has 1 saturated heterocycles. The molecule has 1 aliphatic rings. The number of ether oxygens (including phenoxy) is 1. The second-order valence-electron chi connectivity index (χ2n) is 12.3. The van der Waals surface area contributed by atoms with Crippen LogP contribution >= 0.6 is 7.75 Å². The summed E-state index contributed by atoms with van der Waals surface area (Å²) in [5.41, 5.74) is -4.17. The van der Waals surface area contributed by atoms with E-state index in [4.69, 9.17) is 13.8 Å². The first-order valence-electron chi connectivity index (χ1n) is 17.8. The number of aromatic amines is 1. The predicted octanol–water partition coefficient (Wildman–Crippen LogP) is 6.49. The van der Waals surface area contributed by atoms with Crippen molar-refractivity contribution in [2.75, 3.05) is 19.7 Å². The minimum absolute atomic E-state index is 0.0119. The fraction of sp³-hybridized carbons (Fsp3) is 0.447. The van der Waals surface area contributed by atoms with Crippen molar-refractivity contribution in [3.8, 4) is 5.75 Å². The average molecular weight is 761 g/mol. The molecule has 15 heteroatoms. The number of H-pyrrole nitrogens is 1. The number of allylic oxidation sites excluding steroid dienone is 10. The highest BCUT2D eigenvalue weighted by Gasteiger charge is 2.55. The maximum absolute atomic E-state index is 15.6. The van der Waals surface area contributed by atoms with Gasteiger partial charge in [0.1, 0.15) is 23.8 Å². The lowest BCUT2D eigenvalue weighted by Crippen LogP contribution is -2.43. The van der Waals surface area contributed by atoms with Crippen LogP contribution in [0.25, 0.3) is 0 Å². The van der Waals surface area contributed by atoms with E-state index in [-0.39, 0.29) is 31.2 Å². The highest BCUT2D eigenvalue weighted by molar-refractivity contribution is 7.52. The Morgan fingerprint density at radius 1 is 0.981 bits per heavy atom. The Morgan fingerprint density at radius 3 is 2.19 bits per heavy atom. The fourth-order valence-electron chi connectivity index (χ4n) is 5.10. The number of nitrogens with one attached hydrogen (secondary N) is 3. The number of hydrogen-bond donors (Lipinski definition) is 4. The smallest absolute Gasteiger partial charge is 0.413 e. The summed E-state index contributed by atoms with van der Waals surface area (Å²) in [4.78, 5) is 38.1. The van der Waals surface area contributed by atoms with Crippen molar-refractivity contribution in [1.29, 1.82) is 0 Å². The maximum Gasteiger partial charge on any atom is 0.458 e. The molecule has 290 valence electrons. The minimum Gasteiger partial charge on any atom is -0.413 e. The van der Waals surface area contributed by atoms with Crippen molar-refractivity contribution in [2.45, 2.75) is 89.3 Å². The number of alkyl halides is 1. The molecule has 5 atom stereocenters. The third-order valence-electron chi connectivity index (χ3n) is 7.95. The van der Waals surface area contributed by atoms with Crippen molar-refractivity contribution < 1.29 is 37.0 Å². The first kappa shape index (κ1) is 43.2. The highest BCUT2D eigenvalue weighted by Crippen LogP contribution is 2.47. The van der Waals surface area contributed by atoms with Crippen LogP contribution in [-0.2, 0) is 18.6 Å². The molecule has 0 radical (unpaired) electrons. The van der Waals surface area contributed by atoms with Gasteiger partial charge in [0.05, 0.1) is 6.61 Å². The minimum atomic E-state index is -4.28. The summed E-state index contributed by atoms with van der Waals surface area (Å²) >= 11 is 0. The molecule has 0 saturated carbocycles. The van der Waals surface area contributed by atoms with E-state index >= 15 is 4.39 Å². The molecular formula is C38H51F2N4O8P. The van der Waals surface area contributed by atoms with Gasteiger partial charge in [-0.2, -0.15) is 0 Å². The van der Waals surface area contributed by atoms with E-state index in [0.717, 1.165) is 74.4 Å². The zero-order chi connectivity index (χ0) is 38.5. The molecule has 1 unspecified atom stereocenters. The largest absolute Gasteiger partial charge is 0.458 e. The van der Waals surface area contributed by atoms with E-state index in [9.17, 15) is 28.4 Å². The number of halogens is 2. The van der Waals surface area contributed by atoms with Crippen molar-refractivity contribution in [3.05, 3.63) is 124 Å². The number of rotatable bonds is 23. The molecule has 53 heavy (non-hydrogen) atoms. The zero-order valence-electron chi connectivity index (χ0n) is 30.2. The lowest BCUT2D eigenvalue weighted by Gasteiger charge is -2.24. The molecule has 3 rings (SSSR count). The molecule has 1 fully saturated rings. The van der Waals surface area contributed by atoms with Crippen LogP contribution in [-0.4, -0.2) is 58.1 Å². The molecule has 1 aliphatic heterocycles. The van der Waals surface area contributed by atoms with Crippen LogP contribution < -0.4 is 26.2 Å². The second kappa shape index (κ2) is 22.8. The molecule has 4 N–H and O–H groups in total. The van der Waals surface area contributed by atoms with E-state index in [2.05, 4.69) is 72.0 Å². The summed E-state index contributed by atoms with van der Waals surface area (Å²) in [5.74, 6) is -0.775. The number of hydrogen-bond acceptors (Lipinski definition) is 8. The molecule has 0 aliphatic carbocycles. The Morgan fingerprint density at radius 2 is 1.58 bits per heavy atom. The summed E-state index contributed by atoms with van der Waals surface area (Å²) in [7, 11) is -4.28. The molecule has 2 heterocycles. The van der Waals surface area contributed by atoms with Crippen LogP contribution in [0.3, 0.4) is 0 Å². The number of aliphatic hydroxyl groups excluding tert-OH is 1. The Bertz CT molecular complexity index is 1740. The van der Waals surface area contributed by atoms with E-state index in [1.807, 2.05) is 11.1 Å². The SMILES string of the molecule is CC/C=C\C/C=C\C/C=C\C/C=C\C/C=C\CCCC(=O)NCCNP(=O)(OC[C@H]1O[C@@H](n2ccc(=O)[nH]c2=O)[C@](C)(F)[C@@H]1O)Oc1ccc(F)cc1. The van der Waals surface area contributed by atoms with Gasteiger partial charge >= 0.3 is 13.4 Å². The quantitative estimate of drug-likeness (QED) is 0.0564. The third kappa shape index (κ3) is 15.4. The Balaban J connectivity index is 1.40. The predicted molar refractivity (Wildman–Crippen MR) is 201 cm³/mol. The number of carbonyl (C=O) groups is 1. The number of nitrogens with zero attached hydrogens (tertiary/aromatic N) is 1. The van der Waals surface area contributed by atoms with Crippen LogP contribution in [0.1, 0.15) is 71.4 Å². The highest BCUT2D eigenvalue weighted by atomic mass is 31.2.